The van der Waals surface area contributed by atoms with Gasteiger partial charge in [0, 0.05) is 54.7 Å². The van der Waals surface area contributed by atoms with E-state index in [1.165, 1.54) is 0 Å². The van der Waals surface area contributed by atoms with Crippen LogP contribution in [0.15, 0.2) is 61.1 Å². The van der Waals surface area contributed by atoms with Crippen LogP contribution in [0.3, 0.4) is 0 Å². The molecule has 1 aliphatic rings. The number of nitrogens with one attached hydrogen (secondary N) is 1. The fourth-order valence-corrected chi connectivity index (χ4v) is 3.61. The smallest absolute Gasteiger partial charge is 0.254 e. The van der Waals surface area contributed by atoms with Crippen molar-refractivity contribution in [2.45, 2.75) is 0 Å². The normalized spacial score (nSPS) is 14.0. The second-order valence-electron chi connectivity index (χ2n) is 7.48. The van der Waals surface area contributed by atoms with Gasteiger partial charge >= 0.3 is 0 Å². The Morgan fingerprint density at radius 2 is 1.84 bits per heavy atom. The third-order valence-electron chi connectivity index (χ3n) is 5.31. The standard InChI is InChI=1S/C23H22N6O2/c1-28-15-19(14-25-28)17-2-3-18-13-24-23(27-21(18)12-17)26-20-6-4-16(5-7-20)22(30)29-8-10-31-11-9-29/h2-7,12-15H,8-11H2,1H3,(H,24,26,27). The van der Waals surface area contributed by atoms with Crippen molar-refractivity contribution >= 4 is 28.4 Å². The number of aromatic nitrogens is 4. The molecule has 31 heavy (non-hydrogen) atoms. The highest BCUT2D eigenvalue weighted by Gasteiger charge is 2.18. The molecule has 1 aliphatic heterocycles. The second-order valence-corrected chi connectivity index (χ2v) is 7.48. The van der Waals surface area contributed by atoms with Gasteiger partial charge in [0.2, 0.25) is 5.95 Å². The van der Waals surface area contributed by atoms with Gasteiger partial charge in [-0.3, -0.25) is 9.48 Å². The number of anilines is 2. The van der Waals surface area contributed by atoms with Crippen molar-refractivity contribution in [2.24, 2.45) is 7.05 Å². The number of hydrogen-bond acceptors (Lipinski definition) is 6. The van der Waals surface area contributed by atoms with Gasteiger partial charge < -0.3 is 15.0 Å². The molecule has 156 valence electrons. The Kier molecular flexibility index (Phi) is 5.05. The van der Waals surface area contributed by atoms with Crippen LogP contribution in [0.25, 0.3) is 22.0 Å². The maximum atomic E-state index is 12.6. The zero-order chi connectivity index (χ0) is 21.2. The molecule has 3 heterocycles. The zero-order valence-electron chi connectivity index (χ0n) is 17.2. The summed E-state index contributed by atoms with van der Waals surface area (Å²) in [7, 11) is 1.90. The van der Waals surface area contributed by atoms with E-state index in [2.05, 4.69) is 20.4 Å². The van der Waals surface area contributed by atoms with Gasteiger partial charge in [-0.15, -0.1) is 0 Å². The van der Waals surface area contributed by atoms with Crippen molar-refractivity contribution in [3.63, 3.8) is 0 Å². The molecule has 1 fully saturated rings. The first-order valence-electron chi connectivity index (χ1n) is 10.2. The van der Waals surface area contributed by atoms with E-state index in [1.807, 2.05) is 66.8 Å². The molecule has 1 saturated heterocycles. The Balaban J connectivity index is 1.34. The topological polar surface area (TPSA) is 85.2 Å². The van der Waals surface area contributed by atoms with Gasteiger partial charge in [-0.1, -0.05) is 12.1 Å². The monoisotopic (exact) mass is 414 g/mol. The molecule has 0 bridgehead atoms. The summed E-state index contributed by atoms with van der Waals surface area (Å²) in [6, 6.07) is 13.5. The minimum absolute atomic E-state index is 0.0275. The summed E-state index contributed by atoms with van der Waals surface area (Å²) in [5.74, 6) is 0.530. The molecule has 8 nitrogen and oxygen atoms in total. The predicted molar refractivity (Wildman–Crippen MR) is 118 cm³/mol. The molecule has 1 N–H and O–H groups in total. The van der Waals surface area contributed by atoms with E-state index >= 15 is 0 Å². The molecule has 0 aliphatic carbocycles. The molecule has 2 aromatic carbocycles. The number of carbonyl (C=O) groups excluding carboxylic acids is 1. The molecule has 0 radical (unpaired) electrons. The summed E-state index contributed by atoms with van der Waals surface area (Å²) in [6.45, 7) is 2.44. The SMILES string of the molecule is Cn1cc(-c2ccc3cnc(Nc4ccc(C(=O)N5CCOCC5)cc4)nc3c2)cn1. The summed E-state index contributed by atoms with van der Waals surface area (Å²) in [5, 5.41) is 8.42. The predicted octanol–water partition coefficient (Wildman–Crippen LogP) is 3.25. The van der Waals surface area contributed by atoms with Crippen molar-refractivity contribution in [3.05, 3.63) is 66.6 Å². The van der Waals surface area contributed by atoms with E-state index in [4.69, 9.17) is 4.74 Å². The minimum atomic E-state index is 0.0275. The van der Waals surface area contributed by atoms with E-state index in [-0.39, 0.29) is 5.91 Å². The second kappa shape index (κ2) is 8.16. The highest BCUT2D eigenvalue weighted by atomic mass is 16.5. The first-order valence-corrected chi connectivity index (χ1v) is 10.2. The first-order chi connectivity index (χ1) is 15.2. The van der Waals surface area contributed by atoms with Gasteiger partial charge in [0.25, 0.3) is 5.91 Å². The molecular weight excluding hydrogens is 392 g/mol. The summed E-state index contributed by atoms with van der Waals surface area (Å²) >= 11 is 0. The van der Waals surface area contributed by atoms with Crippen LogP contribution in [0.2, 0.25) is 0 Å². The number of fused-ring (bicyclic) bond motifs is 1. The van der Waals surface area contributed by atoms with E-state index < -0.39 is 0 Å². The number of amides is 1. The van der Waals surface area contributed by atoms with Crippen LogP contribution in [0.5, 0.6) is 0 Å². The number of carbonyl (C=O) groups is 1. The van der Waals surface area contributed by atoms with Crippen molar-refractivity contribution in [2.75, 3.05) is 31.6 Å². The average Bonchev–Trinajstić information content (AvgIpc) is 3.25. The quantitative estimate of drug-likeness (QED) is 0.552. The Morgan fingerprint density at radius 1 is 1.03 bits per heavy atom. The maximum Gasteiger partial charge on any atom is 0.254 e. The fraction of sp³-hybridized carbons (Fsp3) is 0.217. The Hall–Kier alpha value is -3.78. The number of nitrogens with zero attached hydrogens (tertiary/aromatic N) is 5. The lowest BCUT2D eigenvalue weighted by Gasteiger charge is -2.26. The number of benzene rings is 2. The molecule has 4 aromatic rings. The summed E-state index contributed by atoms with van der Waals surface area (Å²) < 4.78 is 7.09. The molecule has 5 rings (SSSR count). The van der Waals surface area contributed by atoms with Gasteiger partial charge in [-0.25, -0.2) is 9.97 Å². The van der Waals surface area contributed by atoms with Crippen LogP contribution < -0.4 is 5.32 Å². The molecule has 0 saturated carbocycles. The molecule has 0 atom stereocenters. The molecule has 0 unspecified atom stereocenters. The van der Waals surface area contributed by atoms with E-state index in [9.17, 15) is 4.79 Å². The summed E-state index contributed by atoms with van der Waals surface area (Å²) in [5.41, 5.74) is 4.42. The van der Waals surface area contributed by atoms with E-state index in [0.29, 0.717) is 37.8 Å². The van der Waals surface area contributed by atoms with Crippen molar-refractivity contribution in [1.29, 1.82) is 0 Å². The molecule has 2 aromatic heterocycles. The van der Waals surface area contributed by atoms with Crippen LogP contribution in [0, 0.1) is 0 Å². The van der Waals surface area contributed by atoms with Crippen LogP contribution in [-0.2, 0) is 11.8 Å². The van der Waals surface area contributed by atoms with Gasteiger partial charge in [0.05, 0.1) is 24.9 Å². The average molecular weight is 414 g/mol. The Bertz CT molecular complexity index is 1230. The third-order valence-corrected chi connectivity index (χ3v) is 5.31. The highest BCUT2D eigenvalue weighted by Crippen LogP contribution is 2.24. The molecule has 8 heteroatoms. The van der Waals surface area contributed by atoms with Gasteiger partial charge in [-0.2, -0.15) is 5.10 Å². The third kappa shape index (κ3) is 4.10. The molecule has 1 amide bonds. The summed E-state index contributed by atoms with van der Waals surface area (Å²) in [6.07, 6.45) is 5.61. The van der Waals surface area contributed by atoms with Crippen LogP contribution in [0.4, 0.5) is 11.6 Å². The number of aryl methyl sites for hydroxylation is 1. The maximum absolute atomic E-state index is 12.6. The Morgan fingerprint density at radius 3 is 2.58 bits per heavy atom. The first kappa shape index (κ1) is 19.2. The molecule has 0 spiro atoms. The fourth-order valence-electron chi connectivity index (χ4n) is 3.61. The number of ether oxygens (including phenoxy) is 1. The lowest BCUT2D eigenvalue weighted by molar-refractivity contribution is 0.0303. The van der Waals surface area contributed by atoms with E-state index in [1.54, 1.807) is 10.9 Å². The lowest BCUT2D eigenvalue weighted by Crippen LogP contribution is -2.40. The van der Waals surface area contributed by atoms with Crippen molar-refractivity contribution in [1.82, 2.24) is 24.6 Å². The van der Waals surface area contributed by atoms with Gasteiger partial charge in [0.1, 0.15) is 0 Å². The largest absolute Gasteiger partial charge is 0.378 e. The highest BCUT2D eigenvalue weighted by molar-refractivity contribution is 5.94. The number of hydrogen-bond donors (Lipinski definition) is 1. The lowest BCUT2D eigenvalue weighted by atomic mass is 10.1. The van der Waals surface area contributed by atoms with Crippen LogP contribution >= 0.6 is 0 Å². The number of rotatable bonds is 4. The Labute approximate surface area is 179 Å². The van der Waals surface area contributed by atoms with Gasteiger partial charge in [-0.05, 0) is 35.9 Å². The van der Waals surface area contributed by atoms with Crippen molar-refractivity contribution < 1.29 is 9.53 Å². The number of morpholine rings is 1. The minimum Gasteiger partial charge on any atom is -0.378 e. The van der Waals surface area contributed by atoms with Crippen LogP contribution in [0.1, 0.15) is 10.4 Å². The van der Waals surface area contributed by atoms with E-state index in [0.717, 1.165) is 27.7 Å². The zero-order valence-corrected chi connectivity index (χ0v) is 17.2. The van der Waals surface area contributed by atoms with Crippen LogP contribution in [-0.4, -0.2) is 56.9 Å². The van der Waals surface area contributed by atoms with Crippen molar-refractivity contribution in [3.8, 4) is 11.1 Å². The summed E-state index contributed by atoms with van der Waals surface area (Å²) in [4.78, 5) is 23.5. The van der Waals surface area contributed by atoms with Gasteiger partial charge in [0.15, 0.2) is 0 Å². The molecular formula is C23H22N6O2.